The molecule has 118 valence electrons. The van der Waals surface area contributed by atoms with E-state index in [1.165, 1.54) is 18.2 Å². The van der Waals surface area contributed by atoms with E-state index in [0.717, 1.165) is 5.56 Å². The molecule has 0 unspecified atom stereocenters. The molecule has 0 saturated heterocycles. The van der Waals surface area contributed by atoms with Crippen LogP contribution >= 0.6 is 0 Å². The lowest BCUT2D eigenvalue weighted by atomic mass is 10.2. The van der Waals surface area contributed by atoms with E-state index in [0.29, 0.717) is 6.61 Å². The van der Waals surface area contributed by atoms with Crippen LogP contribution in [-0.4, -0.2) is 17.5 Å². The van der Waals surface area contributed by atoms with Crippen LogP contribution in [0.25, 0.3) is 0 Å². The van der Waals surface area contributed by atoms with Crippen LogP contribution in [0.2, 0.25) is 0 Å². The molecule has 1 aromatic heterocycles. The number of pyridine rings is 1. The number of amides is 1. The molecule has 7 heteroatoms. The van der Waals surface area contributed by atoms with E-state index in [1.807, 2.05) is 6.07 Å². The molecule has 0 radical (unpaired) electrons. The summed E-state index contributed by atoms with van der Waals surface area (Å²) < 4.78 is 18.1. The zero-order chi connectivity index (χ0) is 16.8. The number of ether oxygens (including phenoxy) is 1. The first kappa shape index (κ1) is 16.2. The van der Waals surface area contributed by atoms with E-state index in [1.54, 1.807) is 19.1 Å². The second-order valence-electron chi connectivity index (χ2n) is 4.63. The number of hydrogen-bond acceptors (Lipinski definition) is 5. The van der Waals surface area contributed by atoms with Crippen LogP contribution in [-0.2, 0) is 6.54 Å². The number of benzene rings is 1. The first-order valence-corrected chi connectivity index (χ1v) is 6.91. The molecular weight excluding hydrogens is 299 g/mol. The average molecular weight is 314 g/mol. The smallest absolute Gasteiger partial charge is 0.270 e. The zero-order valence-electron chi connectivity index (χ0n) is 12.5. The first-order chi connectivity index (χ1) is 11.0. The zero-order valence-corrected chi connectivity index (χ0v) is 12.5. The minimum absolute atomic E-state index is 0.0296. The molecule has 0 fully saturated rings. The molecule has 6 nitrogen and oxygen atoms in total. The molecule has 2 aromatic rings. The minimum Gasteiger partial charge on any atom is -0.477 e. The number of carbonyl (C=O) groups excluding carboxylic acids is 1. The van der Waals surface area contributed by atoms with Gasteiger partial charge in [-0.1, -0.05) is 12.1 Å². The van der Waals surface area contributed by atoms with Crippen molar-refractivity contribution in [2.75, 3.05) is 12.3 Å². The second-order valence-corrected chi connectivity index (χ2v) is 4.63. The number of aromatic nitrogens is 1. The molecule has 1 heterocycles. The number of carbonyl (C=O) groups is 1. The Morgan fingerprint density at radius 1 is 1.43 bits per heavy atom. The third-order valence-corrected chi connectivity index (χ3v) is 3.01. The topological polar surface area (TPSA) is 101 Å². The highest BCUT2D eigenvalue weighted by molar-refractivity contribution is 5.93. The third kappa shape index (κ3) is 3.95. The fourth-order valence-corrected chi connectivity index (χ4v) is 1.89. The highest BCUT2D eigenvalue weighted by atomic mass is 19.1. The largest absolute Gasteiger partial charge is 0.477 e. The summed E-state index contributed by atoms with van der Waals surface area (Å²) in [5.41, 5.74) is 6.77. The van der Waals surface area contributed by atoms with E-state index >= 15 is 0 Å². The van der Waals surface area contributed by atoms with Crippen molar-refractivity contribution >= 4 is 11.6 Å². The van der Waals surface area contributed by atoms with Gasteiger partial charge < -0.3 is 15.8 Å². The van der Waals surface area contributed by atoms with Gasteiger partial charge in [-0.2, -0.15) is 5.26 Å². The van der Waals surface area contributed by atoms with Crippen LogP contribution < -0.4 is 15.8 Å². The van der Waals surface area contributed by atoms with Crippen molar-refractivity contribution in [2.45, 2.75) is 13.5 Å². The monoisotopic (exact) mass is 314 g/mol. The Balaban J connectivity index is 2.15. The van der Waals surface area contributed by atoms with E-state index in [-0.39, 0.29) is 35.2 Å². The van der Waals surface area contributed by atoms with Gasteiger partial charge in [-0.05, 0) is 30.7 Å². The van der Waals surface area contributed by atoms with E-state index in [9.17, 15) is 9.18 Å². The number of anilines is 1. The Hall–Kier alpha value is -3.14. The lowest BCUT2D eigenvalue weighted by molar-refractivity contribution is 0.0945. The van der Waals surface area contributed by atoms with Gasteiger partial charge in [0.25, 0.3) is 5.91 Å². The molecule has 3 N–H and O–H groups in total. The number of nitriles is 1. The van der Waals surface area contributed by atoms with Crippen LogP contribution in [0.4, 0.5) is 10.1 Å². The summed E-state index contributed by atoms with van der Waals surface area (Å²) in [6.07, 6.45) is 0. The lowest BCUT2D eigenvalue weighted by Gasteiger charge is -2.10. The van der Waals surface area contributed by atoms with E-state index in [4.69, 9.17) is 15.7 Å². The number of rotatable bonds is 5. The predicted molar refractivity (Wildman–Crippen MR) is 82.1 cm³/mol. The number of nitrogen functional groups attached to an aromatic ring is 1. The number of nitrogens with one attached hydrogen (secondary N) is 1. The van der Waals surface area contributed by atoms with Gasteiger partial charge in [0.1, 0.15) is 23.1 Å². The number of halogens is 1. The highest BCUT2D eigenvalue weighted by Crippen LogP contribution is 2.22. The normalized spacial score (nSPS) is 9.96. The molecule has 23 heavy (non-hydrogen) atoms. The van der Waals surface area contributed by atoms with Crippen molar-refractivity contribution in [3.05, 3.63) is 53.0 Å². The molecule has 0 saturated carbocycles. The van der Waals surface area contributed by atoms with Gasteiger partial charge in [-0.25, -0.2) is 9.37 Å². The molecular formula is C16H15FN4O2. The van der Waals surface area contributed by atoms with E-state index < -0.39 is 5.91 Å². The van der Waals surface area contributed by atoms with Crippen molar-refractivity contribution in [3.8, 4) is 11.9 Å². The Morgan fingerprint density at radius 3 is 2.74 bits per heavy atom. The highest BCUT2D eigenvalue weighted by Gasteiger charge is 2.16. The Labute approximate surface area is 132 Å². The van der Waals surface area contributed by atoms with Gasteiger partial charge >= 0.3 is 0 Å². The maximum atomic E-state index is 12.8. The maximum Gasteiger partial charge on any atom is 0.270 e. The second kappa shape index (κ2) is 7.22. The quantitative estimate of drug-likeness (QED) is 0.879. The summed E-state index contributed by atoms with van der Waals surface area (Å²) in [4.78, 5) is 16.2. The van der Waals surface area contributed by atoms with Crippen molar-refractivity contribution in [1.29, 1.82) is 5.26 Å². The molecule has 2 rings (SSSR count). The van der Waals surface area contributed by atoms with Crippen LogP contribution in [0.1, 0.15) is 28.5 Å². The molecule has 1 aromatic carbocycles. The third-order valence-electron chi connectivity index (χ3n) is 3.01. The summed E-state index contributed by atoms with van der Waals surface area (Å²) in [6.45, 7) is 2.24. The van der Waals surface area contributed by atoms with Crippen LogP contribution in [0, 0.1) is 17.1 Å². The lowest BCUT2D eigenvalue weighted by Crippen LogP contribution is -2.24. The summed E-state index contributed by atoms with van der Waals surface area (Å²) in [6, 6.07) is 8.99. The first-order valence-electron chi connectivity index (χ1n) is 6.91. The van der Waals surface area contributed by atoms with Crippen molar-refractivity contribution in [3.63, 3.8) is 0 Å². The van der Waals surface area contributed by atoms with Crippen LogP contribution in [0.5, 0.6) is 5.88 Å². The van der Waals surface area contributed by atoms with Gasteiger partial charge in [-0.3, -0.25) is 4.79 Å². The van der Waals surface area contributed by atoms with Crippen molar-refractivity contribution in [2.24, 2.45) is 0 Å². The fraction of sp³-hybridized carbons (Fsp3) is 0.188. The number of nitrogens with two attached hydrogens (primary N) is 1. The Kier molecular flexibility index (Phi) is 5.10. The molecule has 0 aliphatic rings. The van der Waals surface area contributed by atoms with Crippen LogP contribution in [0.3, 0.4) is 0 Å². The maximum absolute atomic E-state index is 12.8. The minimum atomic E-state index is -0.466. The standard InChI is InChI=1S/C16H15FN4O2/c1-2-23-16-12(8-18)13(19)7-14(21-16)15(22)20-9-10-3-5-11(17)6-4-10/h3-7H,2,9H2,1H3,(H2,19,21)(H,20,22). The van der Waals surface area contributed by atoms with Gasteiger partial charge in [0.15, 0.2) is 0 Å². The summed E-state index contributed by atoms with van der Waals surface area (Å²) in [7, 11) is 0. The predicted octanol–water partition coefficient (Wildman–Crippen LogP) is 2.00. The van der Waals surface area contributed by atoms with Gasteiger partial charge in [-0.15, -0.1) is 0 Å². The van der Waals surface area contributed by atoms with Gasteiger partial charge in [0.05, 0.1) is 12.3 Å². The van der Waals surface area contributed by atoms with Gasteiger partial charge in [0, 0.05) is 6.54 Å². The summed E-state index contributed by atoms with van der Waals surface area (Å²) in [5, 5.41) is 11.7. The van der Waals surface area contributed by atoms with Crippen molar-refractivity contribution in [1.82, 2.24) is 10.3 Å². The molecule has 1 amide bonds. The average Bonchev–Trinajstić information content (AvgIpc) is 2.54. The van der Waals surface area contributed by atoms with Gasteiger partial charge in [0.2, 0.25) is 5.88 Å². The SMILES string of the molecule is CCOc1nc(C(=O)NCc2ccc(F)cc2)cc(N)c1C#N. The molecule has 0 bridgehead atoms. The Morgan fingerprint density at radius 2 is 2.13 bits per heavy atom. The summed E-state index contributed by atoms with van der Waals surface area (Å²) in [5.74, 6) is -0.781. The molecule has 0 aliphatic carbocycles. The summed E-state index contributed by atoms with van der Waals surface area (Å²) >= 11 is 0. The van der Waals surface area contributed by atoms with Crippen LogP contribution in [0.15, 0.2) is 30.3 Å². The molecule has 0 aliphatic heterocycles. The van der Waals surface area contributed by atoms with Crippen molar-refractivity contribution < 1.29 is 13.9 Å². The fourth-order valence-electron chi connectivity index (χ4n) is 1.89. The molecule has 0 spiro atoms. The van der Waals surface area contributed by atoms with E-state index in [2.05, 4.69) is 10.3 Å². The Bertz CT molecular complexity index is 754. The molecule has 0 atom stereocenters. The number of nitrogens with zero attached hydrogens (tertiary/aromatic N) is 2. The number of hydrogen-bond donors (Lipinski definition) is 2.